The topological polar surface area (TPSA) is 78.6 Å². The minimum atomic E-state index is -0.769. The monoisotopic (exact) mass is 169 g/mol. The summed E-state index contributed by atoms with van der Waals surface area (Å²) in [5.74, 6) is 0. The van der Waals surface area contributed by atoms with E-state index in [1.165, 1.54) is 17.7 Å². The Morgan fingerprint density at radius 1 is 1.42 bits per heavy atom. The molecule has 6 nitrogen and oxygen atoms in total. The molecule has 0 aliphatic carbocycles. The number of hydrogen-bond donors (Lipinski definition) is 2. The molecule has 0 aliphatic heterocycles. The molecule has 0 atom stereocenters. The van der Waals surface area contributed by atoms with Gasteiger partial charge in [0.25, 0.3) is 0 Å². The maximum atomic E-state index is 10.2. The first-order valence-electron chi connectivity index (χ1n) is 3.15. The lowest BCUT2D eigenvalue weighted by Gasteiger charge is -2.09. The predicted molar refractivity (Wildman–Crippen MR) is 40.8 cm³/mol. The Labute approximate surface area is 68.1 Å². The second-order valence-electron chi connectivity index (χ2n) is 1.99. The van der Waals surface area contributed by atoms with Crippen LogP contribution in [0.25, 0.3) is 0 Å². The van der Waals surface area contributed by atoms with Crippen molar-refractivity contribution in [3.05, 3.63) is 40.4 Å². The van der Waals surface area contributed by atoms with Gasteiger partial charge in [0.1, 0.15) is 5.69 Å². The van der Waals surface area contributed by atoms with E-state index in [0.29, 0.717) is 5.12 Å². The van der Waals surface area contributed by atoms with E-state index in [0.717, 1.165) is 0 Å². The van der Waals surface area contributed by atoms with Crippen LogP contribution in [0.4, 0.5) is 5.69 Å². The van der Waals surface area contributed by atoms with Gasteiger partial charge < -0.3 is 0 Å². The number of hydrazine groups is 2. The molecule has 0 heterocycles. The van der Waals surface area contributed by atoms with Crippen LogP contribution in [0.3, 0.4) is 0 Å². The first kappa shape index (κ1) is 8.44. The van der Waals surface area contributed by atoms with Crippen molar-refractivity contribution in [3.8, 4) is 0 Å². The van der Waals surface area contributed by atoms with Gasteiger partial charge in [0.15, 0.2) is 5.03 Å². The average Bonchev–Trinajstić information content (AvgIpc) is 2.07. The van der Waals surface area contributed by atoms with Gasteiger partial charge in [-0.2, -0.15) is 0 Å². The minimum absolute atomic E-state index is 0.255. The smallest absolute Gasteiger partial charge is 0.183 e. The van der Waals surface area contributed by atoms with Crippen molar-refractivity contribution in [2.75, 3.05) is 5.12 Å². The number of benzene rings is 1. The molecule has 64 valence electrons. The standard InChI is InChI=1S/C6H7N3O3/c10-7-8(9(11)12)6-4-2-1-3-5-6/h1-5,7,10H. The Hall–Kier alpha value is -1.66. The molecule has 0 radical (unpaired) electrons. The summed E-state index contributed by atoms with van der Waals surface area (Å²) in [7, 11) is 0. The number of rotatable bonds is 3. The second-order valence-corrected chi connectivity index (χ2v) is 1.99. The molecule has 0 fully saturated rings. The quantitative estimate of drug-likeness (QED) is 0.511. The normalized spacial score (nSPS) is 9.42. The molecular weight excluding hydrogens is 162 g/mol. The zero-order valence-corrected chi connectivity index (χ0v) is 6.04. The molecule has 0 aliphatic rings. The molecule has 12 heavy (non-hydrogen) atoms. The molecule has 2 N–H and O–H groups in total. The third-order valence-corrected chi connectivity index (χ3v) is 1.26. The van der Waals surface area contributed by atoms with Crippen molar-refractivity contribution in [2.24, 2.45) is 0 Å². The van der Waals surface area contributed by atoms with E-state index < -0.39 is 5.03 Å². The van der Waals surface area contributed by atoms with E-state index in [1.54, 1.807) is 18.2 Å². The minimum Gasteiger partial charge on any atom is -0.293 e. The predicted octanol–water partition coefficient (Wildman–Crippen LogP) is 0.579. The summed E-state index contributed by atoms with van der Waals surface area (Å²) >= 11 is 0. The van der Waals surface area contributed by atoms with Crippen molar-refractivity contribution in [1.29, 1.82) is 0 Å². The Morgan fingerprint density at radius 3 is 2.42 bits per heavy atom. The highest BCUT2D eigenvalue weighted by atomic mass is 16.7. The van der Waals surface area contributed by atoms with Gasteiger partial charge >= 0.3 is 0 Å². The summed E-state index contributed by atoms with van der Waals surface area (Å²) in [4.78, 5) is 10.2. The number of hydrogen-bond acceptors (Lipinski definition) is 4. The summed E-state index contributed by atoms with van der Waals surface area (Å²) < 4.78 is 0. The zero-order valence-electron chi connectivity index (χ0n) is 6.04. The maximum Gasteiger partial charge on any atom is 0.183 e. The van der Waals surface area contributed by atoms with E-state index in [2.05, 4.69) is 0 Å². The van der Waals surface area contributed by atoms with Crippen LogP contribution in [-0.2, 0) is 0 Å². The lowest BCUT2D eigenvalue weighted by molar-refractivity contribution is -0.513. The Kier molecular flexibility index (Phi) is 2.57. The highest BCUT2D eigenvalue weighted by Gasteiger charge is 2.14. The van der Waals surface area contributed by atoms with Crippen molar-refractivity contribution in [1.82, 2.24) is 5.59 Å². The Balaban J connectivity index is 2.88. The van der Waals surface area contributed by atoms with Crippen molar-refractivity contribution in [3.63, 3.8) is 0 Å². The van der Waals surface area contributed by atoms with E-state index in [1.807, 2.05) is 0 Å². The van der Waals surface area contributed by atoms with Crippen LogP contribution in [0, 0.1) is 10.1 Å². The lowest BCUT2D eigenvalue weighted by Crippen LogP contribution is -2.40. The van der Waals surface area contributed by atoms with Crippen LogP contribution < -0.4 is 10.7 Å². The van der Waals surface area contributed by atoms with Crippen molar-refractivity contribution >= 4 is 5.69 Å². The van der Waals surface area contributed by atoms with Gasteiger partial charge in [-0.05, 0) is 12.1 Å². The molecule has 6 heteroatoms. The Morgan fingerprint density at radius 2 is 2.00 bits per heavy atom. The van der Waals surface area contributed by atoms with Crippen LogP contribution in [0.5, 0.6) is 0 Å². The van der Waals surface area contributed by atoms with E-state index in [9.17, 15) is 10.1 Å². The van der Waals surface area contributed by atoms with Gasteiger partial charge in [0.05, 0.1) is 0 Å². The fourth-order valence-electron chi connectivity index (χ4n) is 0.758. The SMILES string of the molecule is O=[N+]([O-])N(NO)c1ccccc1. The van der Waals surface area contributed by atoms with E-state index >= 15 is 0 Å². The molecule has 0 spiro atoms. The third-order valence-electron chi connectivity index (χ3n) is 1.26. The van der Waals surface area contributed by atoms with Crippen LogP contribution >= 0.6 is 0 Å². The summed E-state index contributed by atoms with van der Waals surface area (Å²) in [6.45, 7) is 0. The van der Waals surface area contributed by atoms with Gasteiger partial charge in [-0.25, -0.2) is 10.1 Å². The van der Waals surface area contributed by atoms with Gasteiger partial charge in [0.2, 0.25) is 0 Å². The van der Waals surface area contributed by atoms with Crippen molar-refractivity contribution in [2.45, 2.75) is 0 Å². The summed E-state index contributed by atoms with van der Waals surface area (Å²) in [5.41, 5.74) is 1.71. The second kappa shape index (κ2) is 3.65. The number of nitrogens with zero attached hydrogens (tertiary/aromatic N) is 2. The first-order valence-corrected chi connectivity index (χ1v) is 3.15. The third kappa shape index (κ3) is 1.68. The van der Waals surface area contributed by atoms with Crippen LogP contribution in [0.15, 0.2) is 30.3 Å². The maximum absolute atomic E-state index is 10.2. The van der Waals surface area contributed by atoms with Crippen LogP contribution in [0.2, 0.25) is 0 Å². The van der Waals surface area contributed by atoms with Crippen LogP contribution in [-0.4, -0.2) is 10.2 Å². The molecular formula is C6H7N3O3. The summed E-state index contributed by atoms with van der Waals surface area (Å²) in [5, 5.41) is 18.3. The molecule has 0 unspecified atom stereocenters. The summed E-state index contributed by atoms with van der Waals surface area (Å²) in [6.07, 6.45) is 0. The largest absolute Gasteiger partial charge is 0.293 e. The highest BCUT2D eigenvalue weighted by molar-refractivity contribution is 5.41. The lowest BCUT2D eigenvalue weighted by atomic mass is 10.3. The molecule has 0 saturated carbocycles. The van der Waals surface area contributed by atoms with Crippen molar-refractivity contribution < 1.29 is 10.2 Å². The number of nitrogens with one attached hydrogen (secondary N) is 1. The molecule has 1 aromatic rings. The average molecular weight is 169 g/mol. The highest BCUT2D eigenvalue weighted by Crippen LogP contribution is 2.09. The molecule has 0 saturated heterocycles. The number of anilines is 1. The Bertz CT molecular complexity index is 264. The number of para-hydroxylation sites is 1. The molecule has 0 bridgehead atoms. The van der Waals surface area contributed by atoms with E-state index in [-0.39, 0.29) is 5.69 Å². The molecule has 1 aromatic carbocycles. The zero-order chi connectivity index (χ0) is 8.97. The fourth-order valence-corrected chi connectivity index (χ4v) is 0.758. The van der Waals surface area contributed by atoms with Gasteiger partial charge in [-0.15, -0.1) is 0 Å². The first-order chi connectivity index (χ1) is 5.75. The molecule has 0 aromatic heterocycles. The summed E-state index contributed by atoms with van der Waals surface area (Å²) in [6, 6.07) is 7.96. The van der Waals surface area contributed by atoms with Crippen LogP contribution in [0.1, 0.15) is 0 Å². The number of nitro groups is 1. The van der Waals surface area contributed by atoms with Gasteiger partial charge in [-0.1, -0.05) is 23.8 Å². The fraction of sp³-hybridized carbons (Fsp3) is 0. The van der Waals surface area contributed by atoms with Gasteiger partial charge in [-0.3, -0.25) is 5.21 Å². The molecule has 1 rings (SSSR count). The molecule has 0 amide bonds. The van der Waals surface area contributed by atoms with E-state index in [4.69, 9.17) is 5.21 Å². The van der Waals surface area contributed by atoms with Gasteiger partial charge in [0, 0.05) is 5.12 Å².